The van der Waals surface area contributed by atoms with Gasteiger partial charge in [0.1, 0.15) is 5.75 Å². The number of allylic oxidation sites excluding steroid dienone is 12. The number of aliphatic imine (C=N–C) groups is 4. The fraction of sp³-hybridized carbons (Fsp3) is 0.0755. The summed E-state index contributed by atoms with van der Waals surface area (Å²) in [4.78, 5) is 25.2. The molecule has 5 aromatic rings. The number of hydrogen-bond donors (Lipinski definition) is 0. The maximum absolute atomic E-state index is 6.03. The number of fused-ring (bicyclic) bond motifs is 4. The molecular formula is C53H41N5O. The lowest BCUT2D eigenvalue weighted by molar-refractivity contribution is 0.309. The predicted octanol–water partition coefficient (Wildman–Crippen LogP) is 11.9. The maximum Gasteiger partial charge on any atom is 0.119 e. The summed E-state index contributed by atoms with van der Waals surface area (Å²) in [5.74, 6) is 0.852. The van der Waals surface area contributed by atoms with E-state index in [4.69, 9.17) is 24.7 Å². The van der Waals surface area contributed by atoms with E-state index in [-0.39, 0.29) is 0 Å². The summed E-state index contributed by atoms with van der Waals surface area (Å²) in [6, 6.07) is 45.2. The van der Waals surface area contributed by atoms with Gasteiger partial charge in [0, 0.05) is 34.7 Å². The first-order chi connectivity index (χ1) is 29.2. The third-order valence-electron chi connectivity index (χ3n) is 10.3. The summed E-state index contributed by atoms with van der Waals surface area (Å²) in [5, 5.41) is 0. The molecule has 59 heavy (non-hydrogen) atoms. The highest BCUT2D eigenvalue weighted by Crippen LogP contribution is 2.38. The van der Waals surface area contributed by atoms with Gasteiger partial charge in [-0.2, -0.15) is 0 Å². The zero-order chi connectivity index (χ0) is 39.8. The van der Waals surface area contributed by atoms with Gasteiger partial charge < -0.3 is 4.74 Å². The average Bonchev–Trinajstić information content (AvgIpc) is 4.15. The van der Waals surface area contributed by atoms with Crippen LogP contribution in [-0.2, 0) is 0 Å². The minimum Gasteiger partial charge on any atom is -0.494 e. The van der Waals surface area contributed by atoms with Gasteiger partial charge in [0.2, 0.25) is 0 Å². The summed E-state index contributed by atoms with van der Waals surface area (Å²) in [6.45, 7) is 2.87. The number of pyridine rings is 1. The Morgan fingerprint density at radius 1 is 0.373 bits per heavy atom. The highest BCUT2D eigenvalue weighted by molar-refractivity contribution is 6.39. The van der Waals surface area contributed by atoms with Crippen LogP contribution in [0.4, 0.5) is 0 Å². The molecule has 0 atom stereocenters. The summed E-state index contributed by atoms with van der Waals surface area (Å²) < 4.78 is 6.03. The largest absolute Gasteiger partial charge is 0.494 e. The first-order valence-electron chi connectivity index (χ1n) is 20.0. The van der Waals surface area contributed by atoms with E-state index >= 15 is 0 Å². The van der Waals surface area contributed by atoms with Crippen LogP contribution in [0, 0.1) is 0 Å². The molecule has 0 radical (unpaired) electrons. The van der Waals surface area contributed by atoms with E-state index < -0.39 is 0 Å². The molecule has 0 aliphatic carbocycles. The second-order valence-electron chi connectivity index (χ2n) is 14.2. The van der Waals surface area contributed by atoms with Crippen molar-refractivity contribution in [1.29, 1.82) is 0 Å². The number of rotatable bonds is 8. The minimum absolute atomic E-state index is 0.698. The number of aromatic nitrogens is 1. The molecule has 6 nitrogen and oxygen atoms in total. The van der Waals surface area contributed by atoms with Crippen molar-refractivity contribution >= 4 is 45.1 Å². The second-order valence-corrected chi connectivity index (χ2v) is 14.2. The molecule has 0 spiro atoms. The lowest BCUT2D eigenvalue weighted by atomic mass is 9.98. The van der Waals surface area contributed by atoms with E-state index in [2.05, 4.69) is 145 Å². The van der Waals surface area contributed by atoms with Crippen LogP contribution in [0.1, 0.15) is 42.0 Å². The van der Waals surface area contributed by atoms with Crippen LogP contribution >= 0.6 is 0 Å². The van der Waals surface area contributed by atoms with Crippen molar-refractivity contribution in [2.45, 2.75) is 19.8 Å². The van der Waals surface area contributed by atoms with E-state index in [9.17, 15) is 0 Å². The molecule has 6 heteroatoms. The highest BCUT2D eigenvalue weighted by Gasteiger charge is 2.27. The van der Waals surface area contributed by atoms with Crippen LogP contribution in [0.25, 0.3) is 22.3 Å². The number of hydrogen-bond acceptors (Lipinski definition) is 6. The van der Waals surface area contributed by atoms with E-state index in [1.54, 1.807) is 12.4 Å². The second kappa shape index (κ2) is 17.3. The third kappa shape index (κ3) is 8.02. The van der Waals surface area contributed by atoms with E-state index in [0.29, 0.717) is 6.61 Å². The van der Waals surface area contributed by atoms with Crippen molar-refractivity contribution in [1.82, 2.24) is 4.98 Å². The number of unbranched alkanes of at least 4 members (excludes halogenated alkanes) is 1. The van der Waals surface area contributed by atoms with Crippen LogP contribution in [0.2, 0.25) is 0 Å². The molecule has 8 bridgehead atoms. The summed E-state index contributed by atoms with van der Waals surface area (Å²) >= 11 is 0. The zero-order valence-electron chi connectivity index (χ0n) is 32.7. The summed E-state index contributed by atoms with van der Waals surface area (Å²) in [7, 11) is 0. The number of ether oxygens (including phenoxy) is 1. The first-order valence-corrected chi connectivity index (χ1v) is 20.0. The van der Waals surface area contributed by atoms with Crippen molar-refractivity contribution in [2.24, 2.45) is 20.0 Å². The van der Waals surface area contributed by atoms with Gasteiger partial charge in [0.25, 0.3) is 0 Å². The van der Waals surface area contributed by atoms with Gasteiger partial charge in [-0.05, 0) is 102 Å². The average molecular weight is 764 g/mol. The Morgan fingerprint density at radius 3 is 1.02 bits per heavy atom. The fourth-order valence-electron chi connectivity index (χ4n) is 7.45. The molecule has 0 saturated heterocycles. The van der Waals surface area contributed by atoms with Crippen molar-refractivity contribution < 1.29 is 4.74 Å². The molecule has 4 aromatic carbocycles. The topological polar surface area (TPSA) is 71.6 Å². The Hall–Kier alpha value is -7.57. The molecule has 1 aromatic heterocycles. The molecule has 0 amide bonds. The van der Waals surface area contributed by atoms with Gasteiger partial charge >= 0.3 is 0 Å². The Bertz CT molecular complexity index is 2690. The molecule has 0 saturated carbocycles. The molecular weight excluding hydrogens is 723 g/mol. The Kier molecular flexibility index (Phi) is 10.8. The standard InChI is InChI=1S/C48H36N4O.C5H5N/c1-2-3-31-53-36-21-19-35(20-22-36)48-43-29-27-41(51-43)46(33-15-9-5-10-16-33)39-25-23-37(49-39)45(32-13-7-4-8-14-32)38-24-26-40(50-38)47(34-17-11-6-12-18-34)42-28-30-44(48)52-42;1-2-4-6-5-3-1/h4-30H,2-3,31H2,1H3;1-5H. The van der Waals surface area contributed by atoms with E-state index in [1.165, 1.54) is 0 Å². The number of benzene rings is 4. The Morgan fingerprint density at radius 2 is 0.712 bits per heavy atom. The summed E-state index contributed by atoms with van der Waals surface area (Å²) in [6.07, 6.45) is 22.4. The van der Waals surface area contributed by atoms with Gasteiger partial charge in [-0.15, -0.1) is 0 Å². The van der Waals surface area contributed by atoms with Crippen molar-refractivity contribution in [3.63, 3.8) is 0 Å². The van der Waals surface area contributed by atoms with Gasteiger partial charge in [-0.1, -0.05) is 123 Å². The summed E-state index contributed by atoms with van der Waals surface area (Å²) in [5.41, 5.74) is 14.8. The van der Waals surface area contributed by atoms with Crippen molar-refractivity contribution in [2.75, 3.05) is 6.61 Å². The molecule has 284 valence electrons. The SMILES string of the molecule is CCCCOc1ccc(C2=C3C=CC(=N3)C(c3ccccc3)=C3C=CC(=N3)C(c3ccccc3)=C3C=CC(=N3)C(c3ccccc3)=C3C=CC2=N3)cc1.c1ccncc1. The lowest BCUT2D eigenvalue weighted by Crippen LogP contribution is -2.03. The third-order valence-corrected chi connectivity index (χ3v) is 10.3. The highest BCUT2D eigenvalue weighted by atomic mass is 16.5. The van der Waals surface area contributed by atoms with Gasteiger partial charge in [-0.25, -0.2) is 20.0 Å². The minimum atomic E-state index is 0.698. The van der Waals surface area contributed by atoms with Gasteiger partial charge in [0.05, 0.1) is 52.2 Å². The smallest absolute Gasteiger partial charge is 0.119 e. The Balaban J connectivity index is 0.000000689. The first kappa shape index (κ1) is 37.0. The molecule has 5 aliphatic heterocycles. The molecule has 0 fully saturated rings. The molecule has 6 heterocycles. The van der Waals surface area contributed by atoms with Gasteiger partial charge in [-0.3, -0.25) is 4.98 Å². The van der Waals surface area contributed by atoms with Crippen LogP contribution in [0.5, 0.6) is 5.75 Å². The van der Waals surface area contributed by atoms with Crippen LogP contribution in [-0.4, -0.2) is 34.4 Å². The zero-order valence-corrected chi connectivity index (χ0v) is 32.7. The predicted molar refractivity (Wildman–Crippen MR) is 244 cm³/mol. The van der Waals surface area contributed by atoms with Crippen LogP contribution in [0.3, 0.4) is 0 Å². The maximum atomic E-state index is 6.03. The van der Waals surface area contributed by atoms with Crippen LogP contribution < -0.4 is 4.74 Å². The molecule has 0 unspecified atom stereocenters. The van der Waals surface area contributed by atoms with Gasteiger partial charge in [0.15, 0.2) is 0 Å². The normalized spacial score (nSPS) is 16.3. The van der Waals surface area contributed by atoms with Crippen molar-refractivity contribution in [3.05, 3.63) is 240 Å². The van der Waals surface area contributed by atoms with E-state index in [0.717, 1.165) is 109 Å². The Labute approximate surface area is 345 Å². The molecule has 5 aliphatic rings. The number of nitrogens with zero attached hydrogens (tertiary/aromatic N) is 5. The molecule has 0 N–H and O–H groups in total. The van der Waals surface area contributed by atoms with E-state index in [1.807, 2.05) is 48.5 Å². The fourth-order valence-corrected chi connectivity index (χ4v) is 7.45. The van der Waals surface area contributed by atoms with Crippen LogP contribution in [0.15, 0.2) is 237 Å². The lowest BCUT2D eigenvalue weighted by Gasteiger charge is -2.13. The quantitative estimate of drug-likeness (QED) is 0.148. The molecule has 10 rings (SSSR count). The van der Waals surface area contributed by atoms with Crippen molar-refractivity contribution in [3.8, 4) is 5.75 Å². The monoisotopic (exact) mass is 763 g/mol.